The standard InChI is InChI=1S/C21H21N5O4/c1-2-4-13(5-3-1)9-22-15-10-27-20-16(11-28-19(15)20)26-21(23-24-25-26)14-6-7-17-18(8-14)30-12-29-17/h1-8,15-16,19-20,22H,9-12H2/p+1/t15-,16-,19+,20+/m0/s1. The number of aromatic nitrogens is 4. The zero-order valence-corrected chi connectivity index (χ0v) is 16.3. The van der Waals surface area contributed by atoms with Crippen LogP contribution in [0.15, 0.2) is 48.5 Å². The van der Waals surface area contributed by atoms with E-state index in [4.69, 9.17) is 18.9 Å². The lowest BCUT2D eigenvalue weighted by Gasteiger charge is -2.17. The molecular weight excluding hydrogens is 386 g/mol. The highest BCUT2D eigenvalue weighted by molar-refractivity contribution is 5.61. The minimum absolute atomic E-state index is 0.0208. The first-order valence-corrected chi connectivity index (χ1v) is 10.2. The van der Waals surface area contributed by atoms with E-state index in [9.17, 15) is 0 Å². The van der Waals surface area contributed by atoms with Crippen molar-refractivity contribution in [3.63, 3.8) is 0 Å². The molecular formula is C21H22N5O4+. The van der Waals surface area contributed by atoms with Crippen LogP contribution >= 0.6 is 0 Å². The first-order chi connectivity index (χ1) is 14.9. The molecule has 0 aliphatic carbocycles. The number of nitrogens with zero attached hydrogens (tertiary/aromatic N) is 4. The predicted molar refractivity (Wildman–Crippen MR) is 104 cm³/mol. The first-order valence-electron chi connectivity index (χ1n) is 10.2. The highest BCUT2D eigenvalue weighted by Gasteiger charge is 2.51. The molecule has 0 spiro atoms. The fourth-order valence-electron chi connectivity index (χ4n) is 4.46. The van der Waals surface area contributed by atoms with Gasteiger partial charge in [0, 0.05) is 11.1 Å². The molecule has 4 atom stereocenters. The van der Waals surface area contributed by atoms with Crippen LogP contribution in [0.4, 0.5) is 0 Å². The van der Waals surface area contributed by atoms with Crippen LogP contribution in [0.1, 0.15) is 11.6 Å². The average molecular weight is 408 g/mol. The van der Waals surface area contributed by atoms with Crippen molar-refractivity contribution in [3.8, 4) is 22.9 Å². The van der Waals surface area contributed by atoms with Gasteiger partial charge in [0.2, 0.25) is 6.79 Å². The molecule has 0 amide bonds. The highest BCUT2D eigenvalue weighted by atomic mass is 16.7. The topological polar surface area (TPSA) is 97.1 Å². The number of ether oxygens (including phenoxy) is 4. The van der Waals surface area contributed by atoms with Crippen LogP contribution in [0.5, 0.6) is 11.5 Å². The lowest BCUT2D eigenvalue weighted by molar-refractivity contribution is -0.707. The molecule has 0 unspecified atom stereocenters. The van der Waals surface area contributed by atoms with Crippen LogP contribution in [-0.2, 0) is 16.0 Å². The Morgan fingerprint density at radius 2 is 1.83 bits per heavy atom. The summed E-state index contributed by atoms with van der Waals surface area (Å²) < 4.78 is 25.0. The average Bonchev–Trinajstić information content (AvgIpc) is 3.56. The molecule has 9 nitrogen and oxygen atoms in total. The molecule has 3 aromatic rings. The lowest BCUT2D eigenvalue weighted by Crippen LogP contribution is -2.91. The van der Waals surface area contributed by atoms with Crippen LogP contribution in [-0.4, -0.2) is 58.5 Å². The Labute approximate surface area is 172 Å². The van der Waals surface area contributed by atoms with Gasteiger partial charge in [-0.25, -0.2) is 4.68 Å². The van der Waals surface area contributed by atoms with E-state index in [1.54, 1.807) is 0 Å². The molecule has 3 aliphatic heterocycles. The SMILES string of the molecule is c1ccc(C[NH2+][C@H]2CO[C@H]3[C@@H]2OC[C@@H]3n2nnnc2-c2ccc3c(c2)OCO3)cc1. The van der Waals surface area contributed by atoms with Gasteiger partial charge in [0.25, 0.3) is 0 Å². The van der Waals surface area contributed by atoms with Gasteiger partial charge in [-0.3, -0.25) is 0 Å². The number of fused-ring (bicyclic) bond motifs is 2. The van der Waals surface area contributed by atoms with E-state index in [1.165, 1.54) is 5.56 Å². The summed E-state index contributed by atoms with van der Waals surface area (Å²) in [6.07, 6.45) is -0.0502. The van der Waals surface area contributed by atoms with Gasteiger partial charge in [0.1, 0.15) is 37.4 Å². The van der Waals surface area contributed by atoms with Gasteiger partial charge in [-0.15, -0.1) is 5.10 Å². The molecule has 4 heterocycles. The summed E-state index contributed by atoms with van der Waals surface area (Å²) >= 11 is 0. The molecule has 1 aromatic heterocycles. The van der Waals surface area contributed by atoms with E-state index >= 15 is 0 Å². The molecule has 0 bridgehead atoms. The van der Waals surface area contributed by atoms with Crippen molar-refractivity contribution < 1.29 is 24.3 Å². The number of quaternary nitrogens is 1. The van der Waals surface area contributed by atoms with Crippen LogP contribution in [0, 0.1) is 0 Å². The maximum atomic E-state index is 6.16. The van der Waals surface area contributed by atoms with Crippen LogP contribution in [0.25, 0.3) is 11.4 Å². The number of tetrazole rings is 1. The van der Waals surface area contributed by atoms with Crippen LogP contribution < -0.4 is 14.8 Å². The Balaban J connectivity index is 1.19. The van der Waals surface area contributed by atoms with Crippen molar-refractivity contribution in [1.82, 2.24) is 20.2 Å². The molecule has 3 aliphatic rings. The third-order valence-electron chi connectivity index (χ3n) is 6.00. The van der Waals surface area contributed by atoms with Crippen LogP contribution in [0.3, 0.4) is 0 Å². The van der Waals surface area contributed by atoms with E-state index < -0.39 is 0 Å². The Bertz CT molecular complexity index is 1040. The van der Waals surface area contributed by atoms with Crippen LogP contribution in [0.2, 0.25) is 0 Å². The van der Waals surface area contributed by atoms with Gasteiger partial charge in [-0.1, -0.05) is 30.3 Å². The summed E-state index contributed by atoms with van der Waals surface area (Å²) in [6, 6.07) is 16.4. The lowest BCUT2D eigenvalue weighted by atomic mass is 10.1. The summed E-state index contributed by atoms with van der Waals surface area (Å²) in [5.74, 6) is 2.11. The van der Waals surface area contributed by atoms with E-state index in [2.05, 4.69) is 45.1 Å². The second-order valence-corrected chi connectivity index (χ2v) is 7.77. The summed E-state index contributed by atoms with van der Waals surface area (Å²) in [5.41, 5.74) is 2.17. The zero-order valence-electron chi connectivity index (χ0n) is 16.3. The Morgan fingerprint density at radius 1 is 0.967 bits per heavy atom. The second kappa shape index (κ2) is 7.35. The van der Waals surface area contributed by atoms with Crippen molar-refractivity contribution in [2.45, 2.75) is 30.8 Å². The van der Waals surface area contributed by atoms with E-state index in [-0.39, 0.29) is 31.1 Å². The van der Waals surface area contributed by atoms with E-state index in [1.807, 2.05) is 28.9 Å². The maximum Gasteiger partial charge on any atom is 0.231 e. The smallest absolute Gasteiger partial charge is 0.231 e. The first kappa shape index (κ1) is 17.8. The largest absolute Gasteiger partial charge is 0.454 e. The normalized spacial score (nSPS) is 26.8. The molecule has 30 heavy (non-hydrogen) atoms. The molecule has 0 radical (unpaired) electrons. The minimum atomic E-state index is -0.0710. The van der Waals surface area contributed by atoms with Gasteiger partial charge < -0.3 is 24.3 Å². The molecule has 154 valence electrons. The molecule has 9 heteroatoms. The Hall–Kier alpha value is -3.01. The molecule has 2 N–H and O–H groups in total. The van der Waals surface area contributed by atoms with Gasteiger partial charge in [0.05, 0.1) is 6.61 Å². The molecule has 0 saturated carbocycles. The Kier molecular flexibility index (Phi) is 4.37. The zero-order chi connectivity index (χ0) is 19.9. The van der Waals surface area contributed by atoms with Crippen molar-refractivity contribution in [2.24, 2.45) is 0 Å². The summed E-state index contributed by atoms with van der Waals surface area (Å²) in [4.78, 5) is 0. The highest BCUT2D eigenvalue weighted by Crippen LogP contribution is 2.38. The molecule has 6 rings (SSSR count). The van der Waals surface area contributed by atoms with Crippen molar-refractivity contribution in [3.05, 3.63) is 54.1 Å². The predicted octanol–water partition coefficient (Wildman–Crippen LogP) is 0.540. The van der Waals surface area contributed by atoms with Crippen molar-refractivity contribution in [1.29, 1.82) is 0 Å². The fourth-order valence-corrected chi connectivity index (χ4v) is 4.46. The molecule has 2 fully saturated rings. The maximum absolute atomic E-state index is 6.16. The summed E-state index contributed by atoms with van der Waals surface area (Å²) in [5, 5.41) is 14.7. The fraction of sp³-hybridized carbons (Fsp3) is 0.381. The van der Waals surface area contributed by atoms with Crippen molar-refractivity contribution in [2.75, 3.05) is 20.0 Å². The van der Waals surface area contributed by atoms with Crippen molar-refractivity contribution >= 4 is 0 Å². The van der Waals surface area contributed by atoms with Gasteiger partial charge in [0.15, 0.2) is 17.3 Å². The number of rotatable bonds is 5. The third kappa shape index (κ3) is 3.02. The monoisotopic (exact) mass is 408 g/mol. The summed E-state index contributed by atoms with van der Waals surface area (Å²) in [7, 11) is 0. The van der Waals surface area contributed by atoms with Gasteiger partial charge >= 0.3 is 0 Å². The van der Waals surface area contributed by atoms with E-state index in [0.717, 1.165) is 17.9 Å². The number of benzene rings is 2. The molecule has 2 aromatic carbocycles. The second-order valence-electron chi connectivity index (χ2n) is 7.77. The Morgan fingerprint density at radius 3 is 2.77 bits per heavy atom. The summed E-state index contributed by atoms with van der Waals surface area (Å²) in [6.45, 7) is 2.31. The number of hydrogen-bond donors (Lipinski definition) is 1. The van der Waals surface area contributed by atoms with Gasteiger partial charge in [-0.05, 0) is 28.6 Å². The minimum Gasteiger partial charge on any atom is -0.454 e. The van der Waals surface area contributed by atoms with Gasteiger partial charge in [-0.2, -0.15) is 0 Å². The third-order valence-corrected chi connectivity index (χ3v) is 6.00. The van der Waals surface area contributed by atoms with E-state index in [0.29, 0.717) is 24.8 Å². The quantitative estimate of drug-likeness (QED) is 0.658. The number of hydrogen-bond acceptors (Lipinski definition) is 7. The molecule has 2 saturated heterocycles. The number of nitrogens with two attached hydrogens (primary N) is 1.